The largest absolute Gasteiger partial charge is 0.468 e. The second-order valence-electron chi connectivity index (χ2n) is 10.8. The maximum absolute atomic E-state index is 12.3. The highest BCUT2D eigenvalue weighted by Crippen LogP contribution is 2.36. The lowest BCUT2D eigenvalue weighted by Gasteiger charge is -2.35. The van der Waals surface area contributed by atoms with E-state index >= 15 is 0 Å². The first-order valence-corrected chi connectivity index (χ1v) is 12.1. The molecule has 0 aliphatic rings. The van der Waals surface area contributed by atoms with Crippen molar-refractivity contribution in [3.63, 3.8) is 0 Å². The zero-order valence-corrected chi connectivity index (χ0v) is 21.0. The number of amides is 1. The van der Waals surface area contributed by atoms with Crippen LogP contribution in [0.5, 0.6) is 5.88 Å². The van der Waals surface area contributed by atoms with Crippen molar-refractivity contribution in [1.82, 2.24) is 20.3 Å². The molecule has 180 valence electrons. The summed E-state index contributed by atoms with van der Waals surface area (Å²) in [6.45, 7) is 9.29. The van der Waals surface area contributed by atoms with Gasteiger partial charge < -0.3 is 15.0 Å². The Bertz CT molecular complexity index is 1310. The van der Waals surface area contributed by atoms with Crippen LogP contribution in [0.15, 0.2) is 55.0 Å². The number of ether oxygens (including phenoxy) is 1. The Morgan fingerprint density at radius 2 is 1.80 bits per heavy atom. The first-order valence-electron chi connectivity index (χ1n) is 12.1. The third-order valence-corrected chi connectivity index (χ3v) is 6.36. The van der Waals surface area contributed by atoms with Crippen LogP contribution in [-0.2, 0) is 4.79 Å². The van der Waals surface area contributed by atoms with E-state index in [0.717, 1.165) is 45.8 Å². The predicted octanol–water partition coefficient (Wildman–Crippen LogP) is 5.69. The van der Waals surface area contributed by atoms with Crippen molar-refractivity contribution >= 4 is 35.6 Å². The van der Waals surface area contributed by atoms with Gasteiger partial charge in [-0.2, -0.15) is 0 Å². The van der Waals surface area contributed by atoms with Gasteiger partial charge in [0.05, 0.1) is 7.85 Å². The fourth-order valence-electron chi connectivity index (χ4n) is 4.93. The molecule has 2 radical (unpaired) electrons. The molecule has 4 aromatic rings. The lowest BCUT2D eigenvalue weighted by Crippen LogP contribution is -2.38. The van der Waals surface area contributed by atoms with Gasteiger partial charge >= 0.3 is 0 Å². The summed E-state index contributed by atoms with van der Waals surface area (Å²) in [7, 11) is 5.73. The first-order chi connectivity index (χ1) is 16.7. The Morgan fingerprint density at radius 3 is 2.54 bits per heavy atom. The lowest BCUT2D eigenvalue weighted by molar-refractivity contribution is -0.123. The van der Waals surface area contributed by atoms with Gasteiger partial charge in [-0.1, -0.05) is 52.6 Å². The number of rotatable bonds is 10. The molecule has 0 aliphatic carbocycles. The molecular weight excluding hydrogens is 435 g/mol. The highest BCUT2D eigenvalue weighted by molar-refractivity contribution is 6.08. The van der Waals surface area contributed by atoms with Gasteiger partial charge in [0.1, 0.15) is 0 Å². The summed E-state index contributed by atoms with van der Waals surface area (Å²) in [4.78, 5) is 24.4. The van der Waals surface area contributed by atoms with Crippen molar-refractivity contribution in [2.75, 3.05) is 13.2 Å². The molecule has 3 heterocycles. The van der Waals surface area contributed by atoms with Crippen LogP contribution >= 0.6 is 0 Å². The van der Waals surface area contributed by atoms with E-state index in [9.17, 15) is 4.79 Å². The second-order valence-corrected chi connectivity index (χ2v) is 10.8. The average Bonchev–Trinajstić information content (AvgIpc) is 3.19. The fourth-order valence-corrected chi connectivity index (χ4v) is 4.93. The van der Waals surface area contributed by atoms with Crippen LogP contribution in [0, 0.1) is 10.8 Å². The summed E-state index contributed by atoms with van der Waals surface area (Å²) >= 11 is 0. The minimum absolute atomic E-state index is 0.0309. The van der Waals surface area contributed by atoms with Crippen LogP contribution in [0.4, 0.5) is 0 Å². The van der Waals surface area contributed by atoms with Gasteiger partial charge in [-0.05, 0) is 41.0 Å². The third kappa shape index (κ3) is 6.21. The zero-order valence-electron chi connectivity index (χ0n) is 21.0. The number of fused-ring (bicyclic) bond motifs is 3. The predicted molar refractivity (Wildman–Crippen MR) is 143 cm³/mol. The van der Waals surface area contributed by atoms with Crippen LogP contribution < -0.4 is 10.1 Å². The Morgan fingerprint density at radius 1 is 1.00 bits per heavy atom. The van der Waals surface area contributed by atoms with E-state index in [2.05, 4.69) is 66.2 Å². The Labute approximate surface area is 208 Å². The second kappa shape index (κ2) is 10.1. The molecule has 0 bridgehead atoms. The maximum atomic E-state index is 12.3. The molecule has 1 aromatic carbocycles. The van der Waals surface area contributed by atoms with Gasteiger partial charge in [0.15, 0.2) is 6.61 Å². The summed E-state index contributed by atoms with van der Waals surface area (Å²) in [6.07, 6.45) is 8.03. The average molecular weight is 468 g/mol. The number of aromatic nitrogens is 3. The fraction of sp³-hybridized carbons (Fsp3) is 0.393. The number of carbonyl (C=O) groups is 1. The number of hydrogen-bond donors (Lipinski definition) is 2. The molecule has 0 unspecified atom stereocenters. The van der Waals surface area contributed by atoms with E-state index in [-0.39, 0.29) is 23.3 Å². The number of nitrogens with zero attached hydrogens (tertiary/aromatic N) is 2. The van der Waals surface area contributed by atoms with Crippen LogP contribution in [0.1, 0.15) is 40.5 Å². The van der Waals surface area contributed by atoms with E-state index in [4.69, 9.17) is 12.6 Å². The normalized spacial score (nSPS) is 12.2. The van der Waals surface area contributed by atoms with Gasteiger partial charge in [-0.3, -0.25) is 9.78 Å². The molecule has 3 aromatic heterocycles. The van der Waals surface area contributed by atoms with Gasteiger partial charge in [0.25, 0.3) is 5.91 Å². The van der Waals surface area contributed by atoms with Gasteiger partial charge in [-0.15, -0.1) is 0 Å². The Kier molecular flexibility index (Phi) is 7.15. The van der Waals surface area contributed by atoms with Crippen molar-refractivity contribution in [2.24, 2.45) is 10.8 Å². The van der Waals surface area contributed by atoms with Crippen molar-refractivity contribution < 1.29 is 9.53 Å². The molecule has 4 rings (SSSR count). The molecule has 6 nitrogen and oxygen atoms in total. The van der Waals surface area contributed by atoms with Crippen molar-refractivity contribution in [2.45, 2.75) is 46.9 Å². The third-order valence-electron chi connectivity index (χ3n) is 6.36. The summed E-state index contributed by atoms with van der Waals surface area (Å²) in [5.41, 5.74) is 4.25. The van der Waals surface area contributed by atoms with Crippen molar-refractivity contribution in [3.8, 4) is 17.0 Å². The van der Waals surface area contributed by atoms with Crippen molar-refractivity contribution in [1.29, 1.82) is 0 Å². The van der Waals surface area contributed by atoms with E-state index in [0.29, 0.717) is 18.7 Å². The lowest BCUT2D eigenvalue weighted by atomic mass is 9.71. The molecule has 0 aliphatic heterocycles. The molecule has 0 spiro atoms. The molecule has 0 atom stereocenters. The Balaban J connectivity index is 1.32. The van der Waals surface area contributed by atoms with Gasteiger partial charge in [-0.25, -0.2) is 4.98 Å². The SMILES string of the molecule is [B]CCC(C)(C)CC(C)(C)CNC(=O)COc1ccc(-c2ccc3c(c2)[nH]c2ccncc23)cn1. The number of carbonyl (C=O) groups excluding carboxylic acids is 1. The monoisotopic (exact) mass is 468 g/mol. The zero-order chi connectivity index (χ0) is 25.1. The summed E-state index contributed by atoms with van der Waals surface area (Å²) in [5.74, 6) is 0.268. The molecular formula is C28H33BN4O2. The van der Waals surface area contributed by atoms with Gasteiger partial charge in [0.2, 0.25) is 5.88 Å². The molecule has 2 N–H and O–H groups in total. The van der Waals surface area contributed by atoms with Crippen LogP contribution in [0.2, 0.25) is 6.32 Å². The Hall–Kier alpha value is -3.35. The van der Waals surface area contributed by atoms with E-state index < -0.39 is 0 Å². The highest BCUT2D eigenvalue weighted by Gasteiger charge is 2.28. The number of benzene rings is 1. The van der Waals surface area contributed by atoms with Crippen LogP contribution in [0.3, 0.4) is 0 Å². The van der Waals surface area contributed by atoms with E-state index in [1.54, 1.807) is 18.5 Å². The molecule has 35 heavy (non-hydrogen) atoms. The topological polar surface area (TPSA) is 79.9 Å². The van der Waals surface area contributed by atoms with Crippen LogP contribution in [-0.4, -0.2) is 41.9 Å². The van der Waals surface area contributed by atoms with Gasteiger partial charge in [0, 0.05) is 58.6 Å². The number of H-pyrrole nitrogens is 1. The number of nitrogens with one attached hydrogen (secondary N) is 2. The molecule has 0 saturated heterocycles. The van der Waals surface area contributed by atoms with Crippen molar-refractivity contribution in [3.05, 3.63) is 55.0 Å². The summed E-state index contributed by atoms with van der Waals surface area (Å²) in [5, 5.41) is 5.24. The van der Waals surface area contributed by atoms with Crippen LogP contribution in [0.25, 0.3) is 32.9 Å². The molecule has 1 amide bonds. The quantitative estimate of drug-likeness (QED) is 0.293. The standard InChI is InChI=1S/C28H33BN4O2/c1-27(2,10-11-29)17-28(3,4)18-32-25(34)16-35-26-8-6-20(14-31-26)19-5-7-21-22-15-30-12-9-23(22)33-24(21)13-19/h5-9,12-15,33H,10-11,16-18H2,1-4H3,(H,32,34). The smallest absolute Gasteiger partial charge is 0.258 e. The minimum Gasteiger partial charge on any atom is -0.468 e. The number of aromatic amines is 1. The van der Waals surface area contributed by atoms with E-state index in [1.165, 1.54) is 0 Å². The molecule has 0 fully saturated rings. The minimum atomic E-state index is -0.153. The summed E-state index contributed by atoms with van der Waals surface area (Å²) < 4.78 is 5.62. The number of hydrogen-bond acceptors (Lipinski definition) is 4. The maximum Gasteiger partial charge on any atom is 0.258 e. The molecule has 0 saturated carbocycles. The first kappa shape index (κ1) is 24.8. The summed E-state index contributed by atoms with van der Waals surface area (Å²) in [6, 6.07) is 12.0. The number of pyridine rings is 2. The van der Waals surface area contributed by atoms with E-state index in [1.807, 2.05) is 18.3 Å². The molecule has 7 heteroatoms. The highest BCUT2D eigenvalue weighted by atomic mass is 16.5.